The van der Waals surface area contributed by atoms with Crippen molar-refractivity contribution in [1.82, 2.24) is 0 Å². The van der Waals surface area contributed by atoms with Gasteiger partial charge in [-0.3, -0.25) is 14.1 Å². The summed E-state index contributed by atoms with van der Waals surface area (Å²) in [4.78, 5) is 23.5. The lowest BCUT2D eigenvalue weighted by Crippen LogP contribution is -2.33. The zero-order chi connectivity index (χ0) is 22.0. The summed E-state index contributed by atoms with van der Waals surface area (Å²) in [7, 11) is -4.76. The van der Waals surface area contributed by atoms with Crippen LogP contribution in [0.3, 0.4) is 0 Å². The molecule has 0 spiro atoms. The minimum Gasteiger partial charge on any atom is -0.466 e. The van der Waals surface area contributed by atoms with E-state index in [-0.39, 0.29) is 6.61 Å². The second-order valence-corrected chi connectivity index (χ2v) is 8.78. The smallest absolute Gasteiger partial charge is 0.332 e. The topological polar surface area (TPSA) is 107 Å². The van der Waals surface area contributed by atoms with Crippen molar-refractivity contribution in [2.45, 2.75) is 103 Å². The van der Waals surface area contributed by atoms with Crippen LogP contribution in [-0.2, 0) is 29.2 Å². The molecule has 0 heterocycles. The second kappa shape index (κ2) is 17.4. The number of unbranched alkanes of at least 4 members (excludes halogenated alkanes) is 10. The van der Waals surface area contributed by atoms with Gasteiger partial charge in [0.1, 0.15) is 0 Å². The summed E-state index contributed by atoms with van der Waals surface area (Å²) < 4.78 is 41.5. The molecule has 0 aliphatic rings. The van der Waals surface area contributed by atoms with Crippen LogP contribution in [0.15, 0.2) is 12.3 Å². The largest absolute Gasteiger partial charge is 0.466 e. The lowest BCUT2D eigenvalue weighted by molar-refractivity contribution is -0.147. The monoisotopic (exact) mass is 434 g/mol. The Balaban J connectivity index is 3.92. The molecule has 0 aromatic rings. The van der Waals surface area contributed by atoms with Gasteiger partial charge in [-0.2, -0.15) is 8.42 Å². The first-order chi connectivity index (χ1) is 13.8. The Bertz CT molecular complexity index is 570. The van der Waals surface area contributed by atoms with Gasteiger partial charge in [0, 0.05) is 0 Å². The maximum atomic E-state index is 11.8. The van der Waals surface area contributed by atoms with Crippen LogP contribution in [0.2, 0.25) is 0 Å². The van der Waals surface area contributed by atoms with Crippen LogP contribution in [0.25, 0.3) is 0 Å². The Hall–Kier alpha value is -1.41. The molecule has 7 nitrogen and oxygen atoms in total. The number of hydrogen-bond donors (Lipinski definition) is 1. The number of esters is 2. The van der Waals surface area contributed by atoms with Crippen molar-refractivity contribution in [3.63, 3.8) is 0 Å². The molecule has 0 aliphatic heterocycles. The Morgan fingerprint density at radius 2 is 1.41 bits per heavy atom. The first-order valence-corrected chi connectivity index (χ1v) is 12.3. The first-order valence-electron chi connectivity index (χ1n) is 10.8. The summed E-state index contributed by atoms with van der Waals surface area (Å²) in [5.41, 5.74) is 0. The molecule has 0 saturated heterocycles. The fourth-order valence-corrected chi connectivity index (χ4v) is 3.41. The predicted octanol–water partition coefficient (Wildman–Crippen LogP) is 4.95. The molecule has 0 aromatic heterocycles. The Morgan fingerprint density at radius 1 is 0.897 bits per heavy atom. The molecule has 0 bridgehead atoms. The van der Waals surface area contributed by atoms with E-state index in [0.717, 1.165) is 25.5 Å². The Morgan fingerprint density at radius 3 is 1.90 bits per heavy atom. The van der Waals surface area contributed by atoms with E-state index in [1.807, 2.05) is 0 Å². The third-order valence-electron chi connectivity index (χ3n) is 4.50. The fraction of sp³-hybridized carbons (Fsp3) is 0.810. The second-order valence-electron chi connectivity index (χ2n) is 7.18. The van der Waals surface area contributed by atoms with Crippen molar-refractivity contribution in [3.05, 3.63) is 12.3 Å². The molecule has 8 heteroatoms. The van der Waals surface area contributed by atoms with Crippen molar-refractivity contribution in [2.24, 2.45) is 0 Å². The summed E-state index contributed by atoms with van der Waals surface area (Å²) in [6.45, 7) is 4.18. The highest BCUT2D eigenvalue weighted by molar-refractivity contribution is 7.87. The molecule has 0 fully saturated rings. The van der Waals surface area contributed by atoms with Crippen LogP contribution in [0, 0.1) is 0 Å². The van der Waals surface area contributed by atoms with Gasteiger partial charge in [-0.05, 0) is 18.9 Å². The molecular formula is C21H38O7S. The van der Waals surface area contributed by atoms with Crippen LogP contribution in [0.1, 0.15) is 97.3 Å². The molecule has 0 aromatic carbocycles. The normalized spacial score (nSPS) is 12.8. The molecule has 0 amide bonds. The number of allylic oxidation sites excluding steroid dienone is 1. The lowest BCUT2D eigenvalue weighted by Gasteiger charge is -2.11. The van der Waals surface area contributed by atoms with E-state index < -0.39 is 33.7 Å². The van der Waals surface area contributed by atoms with Crippen LogP contribution in [0.5, 0.6) is 0 Å². The fourth-order valence-electron chi connectivity index (χ4n) is 2.76. The zero-order valence-electron chi connectivity index (χ0n) is 17.9. The van der Waals surface area contributed by atoms with Gasteiger partial charge in [-0.15, -0.1) is 0 Å². The molecule has 1 atom stereocenters. The molecule has 29 heavy (non-hydrogen) atoms. The van der Waals surface area contributed by atoms with Gasteiger partial charge in [0.05, 0.1) is 19.3 Å². The molecule has 0 rings (SSSR count). The molecule has 0 aliphatic carbocycles. The van der Waals surface area contributed by atoms with Gasteiger partial charge in [0.15, 0.2) is 5.25 Å². The predicted molar refractivity (Wildman–Crippen MR) is 113 cm³/mol. The average Bonchev–Trinajstić information content (AvgIpc) is 2.66. The Kier molecular flexibility index (Phi) is 16.6. The minimum absolute atomic E-state index is 0.166. The summed E-state index contributed by atoms with van der Waals surface area (Å²) >= 11 is 0. The van der Waals surface area contributed by atoms with E-state index in [2.05, 4.69) is 11.7 Å². The highest BCUT2D eigenvalue weighted by Gasteiger charge is 2.35. The molecular weight excluding hydrogens is 396 g/mol. The van der Waals surface area contributed by atoms with Crippen molar-refractivity contribution >= 4 is 22.1 Å². The first kappa shape index (κ1) is 27.6. The Labute approximate surface area is 176 Å². The summed E-state index contributed by atoms with van der Waals surface area (Å²) in [5.74, 6) is -2.06. The van der Waals surface area contributed by atoms with Crippen molar-refractivity contribution < 1.29 is 32.0 Å². The van der Waals surface area contributed by atoms with Crippen molar-refractivity contribution in [2.75, 3.05) is 6.61 Å². The SMILES string of the molecule is CC/C=C/OC(=O)C(CC(=O)OCCCCCCCCCCCCC)S(=O)(=O)O. The van der Waals surface area contributed by atoms with Crippen LogP contribution in [0.4, 0.5) is 0 Å². The summed E-state index contributed by atoms with van der Waals surface area (Å²) in [6, 6.07) is 0. The minimum atomic E-state index is -4.76. The van der Waals surface area contributed by atoms with Gasteiger partial charge < -0.3 is 9.47 Å². The highest BCUT2D eigenvalue weighted by atomic mass is 32.2. The molecule has 1 N–H and O–H groups in total. The average molecular weight is 435 g/mol. The van der Waals surface area contributed by atoms with Crippen molar-refractivity contribution in [3.8, 4) is 0 Å². The van der Waals surface area contributed by atoms with Crippen LogP contribution >= 0.6 is 0 Å². The number of carbonyl (C=O) groups excluding carboxylic acids is 2. The third-order valence-corrected chi connectivity index (χ3v) is 5.58. The van der Waals surface area contributed by atoms with Gasteiger partial charge in [0.25, 0.3) is 10.1 Å². The van der Waals surface area contributed by atoms with E-state index in [1.54, 1.807) is 6.92 Å². The molecule has 170 valence electrons. The quantitative estimate of drug-likeness (QED) is 0.141. The standard InChI is InChI=1S/C21H38O7S/c1-3-5-7-8-9-10-11-12-13-14-15-17-27-20(22)18-19(29(24,25)26)21(23)28-16-6-4-2/h6,16,19H,3-5,7-15,17-18H2,1-2H3,(H,24,25,26)/b16-6+. The van der Waals surface area contributed by atoms with E-state index in [1.165, 1.54) is 51.0 Å². The summed E-state index contributed by atoms with van der Waals surface area (Å²) in [5, 5.41) is -1.98. The van der Waals surface area contributed by atoms with Gasteiger partial charge in [-0.1, -0.05) is 78.1 Å². The number of ether oxygens (including phenoxy) is 2. The van der Waals surface area contributed by atoms with Crippen molar-refractivity contribution in [1.29, 1.82) is 0 Å². The lowest BCUT2D eigenvalue weighted by atomic mass is 10.1. The van der Waals surface area contributed by atoms with Gasteiger partial charge in [0.2, 0.25) is 0 Å². The van der Waals surface area contributed by atoms with E-state index in [4.69, 9.17) is 9.29 Å². The molecule has 0 saturated carbocycles. The number of rotatable bonds is 18. The summed E-state index contributed by atoms with van der Waals surface area (Å²) in [6.07, 6.45) is 15.2. The van der Waals surface area contributed by atoms with Gasteiger partial charge in [-0.25, -0.2) is 0 Å². The number of hydrogen-bond acceptors (Lipinski definition) is 6. The molecule has 1 unspecified atom stereocenters. The zero-order valence-corrected chi connectivity index (χ0v) is 18.8. The van der Waals surface area contributed by atoms with E-state index in [9.17, 15) is 18.0 Å². The van der Waals surface area contributed by atoms with E-state index in [0.29, 0.717) is 12.8 Å². The molecule has 0 radical (unpaired) electrons. The third kappa shape index (κ3) is 16.1. The maximum absolute atomic E-state index is 11.8. The van der Waals surface area contributed by atoms with Crippen LogP contribution in [-0.4, -0.2) is 36.8 Å². The van der Waals surface area contributed by atoms with Gasteiger partial charge >= 0.3 is 11.9 Å². The number of carbonyl (C=O) groups is 2. The maximum Gasteiger partial charge on any atom is 0.332 e. The highest BCUT2D eigenvalue weighted by Crippen LogP contribution is 2.12. The van der Waals surface area contributed by atoms with E-state index >= 15 is 0 Å². The van der Waals surface area contributed by atoms with Crippen LogP contribution < -0.4 is 0 Å².